The number of hydrogen-bond donors (Lipinski definition) is 0. The molecule has 0 atom stereocenters. The topological polar surface area (TPSA) is 31.6 Å². The van der Waals surface area contributed by atoms with Crippen LogP contribution in [0.15, 0.2) is 95.2 Å². The highest BCUT2D eigenvalue weighted by Gasteiger charge is 2.51. The maximum Gasteiger partial charge on any atom is 0.494 e. The molecule has 5 aromatic rings. The average Bonchev–Trinajstić information content (AvgIpc) is 3.43. The van der Waals surface area contributed by atoms with Crippen LogP contribution in [0.1, 0.15) is 38.7 Å². The van der Waals surface area contributed by atoms with Crippen LogP contribution in [0.25, 0.3) is 44.2 Å². The van der Waals surface area contributed by atoms with Crippen LogP contribution in [0.3, 0.4) is 0 Å². The van der Waals surface area contributed by atoms with E-state index in [9.17, 15) is 0 Å². The van der Waals surface area contributed by atoms with E-state index in [1.807, 2.05) is 52.0 Å². The van der Waals surface area contributed by atoms with Gasteiger partial charge in [0.05, 0.1) is 22.2 Å². The fourth-order valence-corrected chi connectivity index (χ4v) is 4.20. The second-order valence-electron chi connectivity index (χ2n) is 9.47. The number of fused-ring (bicyclic) bond motifs is 3. The summed E-state index contributed by atoms with van der Waals surface area (Å²) in [7, 11) is -0.581. The van der Waals surface area contributed by atoms with E-state index in [-0.39, 0.29) is 22.7 Å². The molecule has 0 saturated carbocycles. The van der Waals surface area contributed by atoms with Gasteiger partial charge < -0.3 is 13.7 Å². The lowest BCUT2D eigenvalue weighted by Gasteiger charge is -2.32. The van der Waals surface area contributed by atoms with Gasteiger partial charge in [-0.1, -0.05) is 78.7 Å². The van der Waals surface area contributed by atoms with Crippen molar-refractivity contribution in [3.05, 3.63) is 90.8 Å². The van der Waals surface area contributed by atoms with Crippen LogP contribution in [0.2, 0.25) is 0 Å². The van der Waals surface area contributed by atoms with Crippen LogP contribution in [-0.4, -0.2) is 18.3 Å². The zero-order valence-electron chi connectivity index (χ0n) is 27.3. The monoisotopic (exact) mass is 454 g/mol. The maximum absolute atomic E-state index is 8.71. The highest BCUT2D eigenvalue weighted by Crippen LogP contribution is 2.39. The Morgan fingerprint density at radius 1 is 0.706 bits per heavy atom. The second-order valence-corrected chi connectivity index (χ2v) is 9.47. The minimum absolute atomic E-state index is 0.0286. The lowest BCUT2D eigenvalue weighted by Crippen LogP contribution is -2.41. The van der Waals surface area contributed by atoms with Crippen molar-refractivity contribution < 1.29 is 24.7 Å². The smallest absolute Gasteiger partial charge is 0.455 e. The first kappa shape index (κ1) is 14.2. The fraction of sp³-hybridized carbons (Fsp3) is 0.200. The van der Waals surface area contributed by atoms with E-state index >= 15 is 0 Å². The number of hydrogen-bond acceptors (Lipinski definition) is 3. The third kappa shape index (κ3) is 3.37. The molecule has 4 aromatic carbocycles. The van der Waals surface area contributed by atoms with Crippen LogP contribution in [0, 0.1) is 0 Å². The molecule has 0 aliphatic carbocycles. The molecule has 0 radical (unpaired) electrons. The van der Waals surface area contributed by atoms with E-state index in [1.165, 1.54) is 6.07 Å². The van der Waals surface area contributed by atoms with Crippen molar-refractivity contribution in [1.82, 2.24) is 0 Å². The number of furan rings is 1. The van der Waals surface area contributed by atoms with Gasteiger partial charge in [0.2, 0.25) is 0 Å². The van der Waals surface area contributed by atoms with Crippen LogP contribution in [-0.2, 0) is 9.31 Å². The normalized spacial score (nSPS) is 20.3. The van der Waals surface area contributed by atoms with Crippen LogP contribution >= 0.6 is 0 Å². The van der Waals surface area contributed by atoms with Gasteiger partial charge in [0.15, 0.2) is 0 Å². The molecule has 2 heterocycles. The van der Waals surface area contributed by atoms with Gasteiger partial charge in [0.25, 0.3) is 0 Å². The van der Waals surface area contributed by atoms with E-state index in [2.05, 4.69) is 0 Å². The van der Waals surface area contributed by atoms with Gasteiger partial charge in [-0.05, 0) is 62.0 Å². The van der Waals surface area contributed by atoms with Crippen molar-refractivity contribution >= 4 is 34.5 Å². The Morgan fingerprint density at radius 3 is 2.18 bits per heavy atom. The number of para-hydroxylation sites is 1. The lowest BCUT2D eigenvalue weighted by molar-refractivity contribution is 0.00578. The lowest BCUT2D eigenvalue weighted by atomic mass is 9.79. The van der Waals surface area contributed by atoms with Gasteiger partial charge in [-0.15, -0.1) is 0 Å². The summed E-state index contributed by atoms with van der Waals surface area (Å²) in [6.07, 6.45) is 0. The zero-order chi connectivity index (χ0) is 30.5. The van der Waals surface area contributed by atoms with Crippen LogP contribution in [0.4, 0.5) is 0 Å². The first-order chi connectivity index (χ1) is 19.6. The van der Waals surface area contributed by atoms with Crippen LogP contribution in [0.5, 0.6) is 0 Å². The Kier molecular flexibility index (Phi) is 3.16. The van der Waals surface area contributed by atoms with Crippen molar-refractivity contribution in [2.24, 2.45) is 0 Å². The maximum atomic E-state index is 8.71. The Labute approximate surface area is 211 Å². The summed E-state index contributed by atoms with van der Waals surface area (Å²) in [6, 6.07) is 8.95. The molecular weight excluding hydrogens is 419 g/mol. The summed E-state index contributed by atoms with van der Waals surface area (Å²) in [5.41, 5.74) is 1.31. The van der Waals surface area contributed by atoms with Crippen LogP contribution < -0.4 is 5.46 Å². The number of benzene rings is 4. The van der Waals surface area contributed by atoms with E-state index in [1.54, 1.807) is 12.1 Å². The van der Waals surface area contributed by atoms with Crippen molar-refractivity contribution in [3.63, 3.8) is 0 Å². The molecule has 6 rings (SSSR count). The molecular formula is C30H27BO3. The van der Waals surface area contributed by atoms with Gasteiger partial charge in [-0.2, -0.15) is 0 Å². The Morgan fingerprint density at radius 2 is 1.41 bits per heavy atom. The standard InChI is InChI=1S/C30H27BO3/c1-29(2)30(3,4)34-31(33-29)23-16-17-25-26-15-9-14-24(28(26)32-27(25)19-23)22-13-8-12-21(18-22)20-10-6-5-7-11-20/h5-19H,1-4H3/i5D,6D,7D,8D,10D,11D,12D,13D. The highest BCUT2D eigenvalue weighted by atomic mass is 16.7. The summed E-state index contributed by atoms with van der Waals surface area (Å²) in [6.45, 7) is 7.94. The van der Waals surface area contributed by atoms with Gasteiger partial charge >= 0.3 is 7.12 Å². The SMILES string of the molecule is [2H]c1c(-c2c([2H])c([2H])c([2H])c([2H])c2[2H])cc(-c2cccc3c2oc2cc(B4OC(C)(C)C(C)(C)O4)ccc23)c([2H])c1[2H]. The zero-order valence-corrected chi connectivity index (χ0v) is 19.3. The summed E-state index contributed by atoms with van der Waals surface area (Å²) in [4.78, 5) is 0. The molecule has 34 heavy (non-hydrogen) atoms. The first-order valence-electron chi connectivity index (χ1n) is 15.1. The molecule has 1 aliphatic rings. The molecule has 0 spiro atoms. The summed E-state index contributed by atoms with van der Waals surface area (Å²) in [5, 5.41) is 1.60. The molecule has 0 unspecified atom stereocenters. The predicted molar refractivity (Wildman–Crippen MR) is 140 cm³/mol. The second kappa shape index (κ2) is 7.59. The van der Waals surface area contributed by atoms with Crippen molar-refractivity contribution in [3.8, 4) is 22.3 Å². The molecule has 1 fully saturated rings. The molecule has 0 N–H and O–H groups in total. The first-order valence-corrected chi connectivity index (χ1v) is 11.1. The fourth-order valence-electron chi connectivity index (χ4n) is 4.20. The Hall–Kier alpha value is -3.34. The highest BCUT2D eigenvalue weighted by molar-refractivity contribution is 6.62. The van der Waals surface area contributed by atoms with Gasteiger partial charge in [-0.25, -0.2) is 0 Å². The molecule has 3 nitrogen and oxygen atoms in total. The van der Waals surface area contributed by atoms with Gasteiger partial charge in [0.1, 0.15) is 11.2 Å². The molecule has 1 saturated heterocycles. The van der Waals surface area contributed by atoms with Gasteiger partial charge in [0, 0.05) is 16.3 Å². The van der Waals surface area contributed by atoms with E-state index < -0.39 is 60.6 Å². The predicted octanol–water partition coefficient (Wildman–Crippen LogP) is 7.22. The minimum atomic E-state index is -0.581. The van der Waals surface area contributed by atoms with E-state index in [0.29, 0.717) is 16.7 Å². The Balaban J connectivity index is 1.55. The average molecular weight is 454 g/mol. The van der Waals surface area contributed by atoms with E-state index in [4.69, 9.17) is 24.7 Å². The quantitative estimate of drug-likeness (QED) is 0.270. The Bertz CT molecular complexity index is 1900. The van der Waals surface area contributed by atoms with Crippen molar-refractivity contribution in [2.45, 2.75) is 38.9 Å². The van der Waals surface area contributed by atoms with Crippen molar-refractivity contribution in [2.75, 3.05) is 0 Å². The molecule has 168 valence electrons. The largest absolute Gasteiger partial charge is 0.494 e. The molecule has 0 amide bonds. The third-order valence-electron chi connectivity index (χ3n) is 6.79. The van der Waals surface area contributed by atoms with Gasteiger partial charge in [-0.3, -0.25) is 0 Å². The third-order valence-corrected chi connectivity index (χ3v) is 6.79. The van der Waals surface area contributed by atoms with E-state index in [0.717, 1.165) is 16.2 Å². The number of rotatable bonds is 3. The molecule has 0 bridgehead atoms. The molecule has 1 aromatic heterocycles. The molecule has 1 aliphatic heterocycles. The summed E-state index contributed by atoms with van der Waals surface area (Å²) in [5.74, 6) is 0. The summed E-state index contributed by atoms with van der Waals surface area (Å²) < 4.78 is 85.4. The summed E-state index contributed by atoms with van der Waals surface area (Å²) >= 11 is 0. The van der Waals surface area contributed by atoms with Crippen molar-refractivity contribution in [1.29, 1.82) is 0 Å². The minimum Gasteiger partial charge on any atom is -0.455 e. The molecule has 4 heteroatoms.